The lowest BCUT2D eigenvalue weighted by molar-refractivity contribution is -0.135. The van der Waals surface area contributed by atoms with E-state index in [1.807, 2.05) is 0 Å². The van der Waals surface area contributed by atoms with Crippen molar-refractivity contribution in [3.8, 4) is 0 Å². The van der Waals surface area contributed by atoms with E-state index in [2.05, 4.69) is 4.98 Å². The van der Waals surface area contributed by atoms with Crippen molar-refractivity contribution in [2.24, 2.45) is 0 Å². The van der Waals surface area contributed by atoms with Gasteiger partial charge in [0.2, 0.25) is 0 Å². The van der Waals surface area contributed by atoms with Crippen molar-refractivity contribution in [2.45, 2.75) is 45.2 Å². The fourth-order valence-corrected chi connectivity index (χ4v) is 2.91. The first-order chi connectivity index (χ1) is 11.2. The van der Waals surface area contributed by atoms with Crippen LogP contribution in [0.1, 0.15) is 44.0 Å². The number of Topliss-reactive ketones (excluding diaryl/α,β-unsaturated/α-hetero) is 1. The summed E-state index contributed by atoms with van der Waals surface area (Å²) in [7, 11) is 0. The summed E-state index contributed by atoms with van der Waals surface area (Å²) in [6.45, 7) is 6.12. The largest absolute Gasteiger partial charge is 0.465 e. The highest BCUT2D eigenvalue weighted by atomic mass is 16.4. The Morgan fingerprint density at radius 2 is 1.71 bits per heavy atom. The van der Waals surface area contributed by atoms with E-state index in [0.29, 0.717) is 13.1 Å². The molecular formula is C17H23N3O4. The lowest BCUT2D eigenvalue weighted by Crippen LogP contribution is -2.60. The maximum absolute atomic E-state index is 13.0. The molecule has 1 fully saturated rings. The van der Waals surface area contributed by atoms with Gasteiger partial charge in [0.1, 0.15) is 0 Å². The Morgan fingerprint density at radius 3 is 2.17 bits per heavy atom. The number of carbonyl (C=O) groups excluding carboxylic acids is 2. The molecule has 0 saturated carbocycles. The second kappa shape index (κ2) is 6.98. The first-order valence-electron chi connectivity index (χ1n) is 7.99. The molecule has 1 aromatic heterocycles. The lowest BCUT2D eigenvalue weighted by atomic mass is 9.97. The van der Waals surface area contributed by atoms with Crippen LogP contribution in [0.3, 0.4) is 0 Å². The van der Waals surface area contributed by atoms with E-state index in [-0.39, 0.29) is 5.56 Å². The average Bonchev–Trinajstić information content (AvgIpc) is 3.04. The number of aromatic nitrogens is 1. The molecule has 1 saturated heterocycles. The van der Waals surface area contributed by atoms with Gasteiger partial charge in [0, 0.05) is 36.6 Å². The maximum Gasteiger partial charge on any atom is 0.408 e. The number of likely N-dealkylation sites (tertiary alicyclic amines) is 1. The van der Waals surface area contributed by atoms with Crippen molar-refractivity contribution in [3.05, 3.63) is 30.1 Å². The molecule has 24 heavy (non-hydrogen) atoms. The molecule has 1 unspecified atom stereocenters. The zero-order valence-electron chi connectivity index (χ0n) is 14.2. The van der Waals surface area contributed by atoms with Crippen LogP contribution in [0.4, 0.5) is 4.79 Å². The molecule has 0 bridgehead atoms. The van der Waals surface area contributed by atoms with Crippen LogP contribution in [0.15, 0.2) is 24.5 Å². The molecule has 0 aromatic carbocycles. The Kier molecular flexibility index (Phi) is 5.21. The molecule has 130 valence electrons. The van der Waals surface area contributed by atoms with Crippen LogP contribution in [0.2, 0.25) is 0 Å². The summed E-state index contributed by atoms with van der Waals surface area (Å²) in [5, 5.41) is 9.66. The zero-order valence-corrected chi connectivity index (χ0v) is 14.2. The van der Waals surface area contributed by atoms with E-state index in [0.717, 1.165) is 17.7 Å². The van der Waals surface area contributed by atoms with Crippen LogP contribution < -0.4 is 0 Å². The molecule has 2 heterocycles. The van der Waals surface area contributed by atoms with E-state index in [1.54, 1.807) is 25.7 Å². The minimum Gasteiger partial charge on any atom is -0.465 e. The van der Waals surface area contributed by atoms with Crippen molar-refractivity contribution in [3.63, 3.8) is 0 Å². The Labute approximate surface area is 141 Å². The van der Waals surface area contributed by atoms with Gasteiger partial charge in [-0.3, -0.25) is 19.5 Å². The smallest absolute Gasteiger partial charge is 0.408 e. The van der Waals surface area contributed by atoms with E-state index in [4.69, 9.17) is 0 Å². The molecule has 7 nitrogen and oxygen atoms in total. The fourth-order valence-electron chi connectivity index (χ4n) is 2.91. The highest BCUT2D eigenvalue weighted by Crippen LogP contribution is 2.23. The number of nitrogens with zero attached hydrogens (tertiary/aromatic N) is 3. The van der Waals surface area contributed by atoms with Crippen LogP contribution in [0.25, 0.3) is 0 Å². The minimum atomic E-state index is -1.39. The summed E-state index contributed by atoms with van der Waals surface area (Å²) >= 11 is 0. The molecule has 2 amide bonds. The van der Waals surface area contributed by atoms with E-state index >= 15 is 0 Å². The first kappa shape index (κ1) is 17.9. The molecule has 1 aromatic rings. The van der Waals surface area contributed by atoms with Gasteiger partial charge in [-0.1, -0.05) is 0 Å². The topological polar surface area (TPSA) is 90.8 Å². The van der Waals surface area contributed by atoms with Crippen LogP contribution in [-0.2, 0) is 4.79 Å². The maximum atomic E-state index is 13.0. The van der Waals surface area contributed by atoms with Gasteiger partial charge >= 0.3 is 6.09 Å². The number of ketones is 1. The summed E-state index contributed by atoms with van der Waals surface area (Å²) in [5.74, 6) is -0.974. The second-order valence-corrected chi connectivity index (χ2v) is 6.86. The quantitative estimate of drug-likeness (QED) is 0.672. The molecule has 0 spiro atoms. The van der Waals surface area contributed by atoms with Gasteiger partial charge in [0.15, 0.2) is 11.8 Å². The molecule has 1 aliphatic rings. The number of rotatable bonds is 4. The molecule has 1 N–H and O–H groups in total. The van der Waals surface area contributed by atoms with Gasteiger partial charge in [0.05, 0.1) is 0 Å². The lowest BCUT2D eigenvalue weighted by Gasteiger charge is -2.39. The summed E-state index contributed by atoms with van der Waals surface area (Å²) in [4.78, 5) is 44.1. The predicted molar refractivity (Wildman–Crippen MR) is 87.8 cm³/mol. The van der Waals surface area contributed by atoms with Crippen LogP contribution >= 0.6 is 0 Å². The third kappa shape index (κ3) is 3.72. The molecule has 0 aliphatic carbocycles. The van der Waals surface area contributed by atoms with Gasteiger partial charge in [-0.15, -0.1) is 0 Å². The van der Waals surface area contributed by atoms with E-state index < -0.39 is 29.4 Å². The number of hydrogen-bond acceptors (Lipinski definition) is 4. The number of hydrogen-bond donors (Lipinski definition) is 1. The van der Waals surface area contributed by atoms with Crippen molar-refractivity contribution in [1.29, 1.82) is 0 Å². The van der Waals surface area contributed by atoms with Crippen LogP contribution in [0.5, 0.6) is 0 Å². The molecule has 2 rings (SSSR count). The Bertz CT molecular complexity index is 618. The van der Waals surface area contributed by atoms with Crippen LogP contribution in [-0.4, -0.2) is 62.3 Å². The number of carbonyl (C=O) groups is 3. The van der Waals surface area contributed by atoms with Gasteiger partial charge in [-0.25, -0.2) is 4.79 Å². The fraction of sp³-hybridized carbons (Fsp3) is 0.529. The van der Waals surface area contributed by atoms with Crippen molar-refractivity contribution < 1.29 is 19.5 Å². The Hall–Kier alpha value is -2.44. The van der Waals surface area contributed by atoms with Gasteiger partial charge < -0.3 is 10.0 Å². The molecule has 1 atom stereocenters. The van der Waals surface area contributed by atoms with Gasteiger partial charge in [-0.2, -0.15) is 0 Å². The first-order valence-corrected chi connectivity index (χ1v) is 7.99. The normalized spacial score (nSPS) is 15.9. The van der Waals surface area contributed by atoms with Gasteiger partial charge in [0.25, 0.3) is 5.91 Å². The third-order valence-corrected chi connectivity index (χ3v) is 4.05. The van der Waals surface area contributed by atoms with E-state index in [1.165, 1.54) is 24.5 Å². The SMILES string of the molecule is CC(C)(C)N(C(=O)O)C(C(=O)c1ccncc1)C(=O)N1CCCC1. The monoisotopic (exact) mass is 333 g/mol. The Balaban J connectivity index is 2.45. The number of amides is 2. The zero-order chi connectivity index (χ0) is 17.9. The van der Waals surface area contributed by atoms with Crippen molar-refractivity contribution >= 4 is 17.8 Å². The molecule has 0 radical (unpaired) electrons. The molecule has 1 aliphatic heterocycles. The number of carboxylic acid groups (broad SMARTS) is 1. The summed E-state index contributed by atoms with van der Waals surface area (Å²) in [6.07, 6.45) is 3.34. The van der Waals surface area contributed by atoms with Crippen LogP contribution in [0, 0.1) is 0 Å². The minimum absolute atomic E-state index is 0.276. The predicted octanol–water partition coefficient (Wildman–Crippen LogP) is 2.03. The highest BCUT2D eigenvalue weighted by Gasteiger charge is 2.44. The highest BCUT2D eigenvalue weighted by molar-refractivity contribution is 6.14. The number of pyridine rings is 1. The molecule has 7 heteroatoms. The Morgan fingerprint density at radius 1 is 1.17 bits per heavy atom. The van der Waals surface area contributed by atoms with E-state index in [9.17, 15) is 19.5 Å². The molecular weight excluding hydrogens is 310 g/mol. The third-order valence-electron chi connectivity index (χ3n) is 4.05. The standard InChI is InChI=1S/C17H23N3O4/c1-17(2,3)20(16(23)24)13(15(22)19-10-4-5-11-19)14(21)12-6-8-18-9-7-12/h6-9,13H,4-5,10-11H2,1-3H3,(H,23,24). The summed E-state index contributed by atoms with van der Waals surface area (Å²) < 4.78 is 0. The second-order valence-electron chi connectivity index (χ2n) is 6.86. The van der Waals surface area contributed by atoms with Crippen molar-refractivity contribution in [1.82, 2.24) is 14.8 Å². The average molecular weight is 333 g/mol. The summed E-state index contributed by atoms with van der Waals surface area (Å²) in [6, 6.07) is 1.60. The summed E-state index contributed by atoms with van der Waals surface area (Å²) in [5.41, 5.74) is -0.618. The van der Waals surface area contributed by atoms with Gasteiger partial charge in [-0.05, 0) is 45.7 Å². The van der Waals surface area contributed by atoms with Crippen molar-refractivity contribution in [2.75, 3.05) is 13.1 Å².